The molecule has 0 spiro atoms. The fourth-order valence-corrected chi connectivity index (χ4v) is 2.63. The van der Waals surface area contributed by atoms with Gasteiger partial charge in [-0.2, -0.15) is 5.10 Å². The van der Waals surface area contributed by atoms with Crippen LogP contribution in [-0.2, 0) is 11.3 Å². The number of nitrogens with two attached hydrogens (primary N) is 1. The number of aromatic nitrogens is 3. The van der Waals surface area contributed by atoms with Gasteiger partial charge in [-0.1, -0.05) is 19.3 Å². The quantitative estimate of drug-likeness (QED) is 0.871. The fourth-order valence-electron chi connectivity index (χ4n) is 2.63. The number of hydrogen-bond acceptors (Lipinski definition) is 4. The first-order chi connectivity index (χ1) is 8.67. The molecule has 0 bridgehead atoms. The molecule has 0 atom stereocenters. The van der Waals surface area contributed by atoms with Gasteiger partial charge in [-0.05, 0) is 26.7 Å². The molecule has 2 rings (SSSR count). The van der Waals surface area contributed by atoms with Crippen molar-refractivity contribution in [2.45, 2.75) is 64.2 Å². The van der Waals surface area contributed by atoms with Crippen molar-refractivity contribution < 1.29 is 4.74 Å². The molecule has 1 fully saturated rings. The predicted octanol–water partition coefficient (Wildman–Crippen LogP) is 2.04. The maximum Gasteiger partial charge on any atom is 0.153 e. The van der Waals surface area contributed by atoms with E-state index in [2.05, 4.69) is 23.9 Å². The van der Waals surface area contributed by atoms with Crippen molar-refractivity contribution in [2.24, 2.45) is 5.73 Å². The van der Waals surface area contributed by atoms with Crippen LogP contribution >= 0.6 is 0 Å². The third kappa shape index (κ3) is 2.90. The zero-order valence-corrected chi connectivity index (χ0v) is 11.4. The molecule has 1 aliphatic carbocycles. The van der Waals surface area contributed by atoms with Gasteiger partial charge in [0.1, 0.15) is 12.9 Å². The zero-order valence-electron chi connectivity index (χ0n) is 11.4. The van der Waals surface area contributed by atoms with Crippen LogP contribution < -0.4 is 5.73 Å². The number of rotatable bonds is 5. The number of nitrogens with zero attached hydrogens (tertiary/aromatic N) is 3. The Labute approximate surface area is 109 Å². The van der Waals surface area contributed by atoms with E-state index in [1.165, 1.54) is 19.3 Å². The lowest BCUT2D eigenvalue weighted by atomic mass is 9.85. The molecule has 1 aromatic rings. The molecular formula is C13H24N4O. The Kier molecular flexibility index (Phi) is 4.35. The van der Waals surface area contributed by atoms with Gasteiger partial charge >= 0.3 is 0 Å². The van der Waals surface area contributed by atoms with Crippen molar-refractivity contribution in [1.82, 2.24) is 14.8 Å². The van der Waals surface area contributed by atoms with E-state index in [9.17, 15) is 0 Å². The number of ether oxygens (including phenoxy) is 1. The standard InChI is InChI=1S/C13H24N4O/c1-11(2)17-12(15-10-16-17)8-18-13(9-14)6-4-3-5-7-13/h10-11H,3-9,14H2,1-2H3. The second-order valence-corrected chi connectivity index (χ2v) is 5.45. The Balaban J connectivity index is 1.99. The summed E-state index contributed by atoms with van der Waals surface area (Å²) in [6, 6.07) is 0.311. The highest BCUT2D eigenvalue weighted by atomic mass is 16.5. The Morgan fingerprint density at radius 2 is 2.11 bits per heavy atom. The molecule has 0 aliphatic heterocycles. The smallest absolute Gasteiger partial charge is 0.153 e. The Morgan fingerprint density at radius 3 is 2.72 bits per heavy atom. The Hall–Kier alpha value is -0.940. The zero-order chi connectivity index (χ0) is 13.0. The third-order valence-electron chi connectivity index (χ3n) is 3.78. The van der Waals surface area contributed by atoms with Gasteiger partial charge in [-0.25, -0.2) is 9.67 Å². The van der Waals surface area contributed by atoms with Gasteiger partial charge in [0.05, 0.1) is 5.60 Å². The van der Waals surface area contributed by atoms with Crippen LogP contribution in [0.25, 0.3) is 0 Å². The third-order valence-corrected chi connectivity index (χ3v) is 3.78. The molecule has 0 saturated heterocycles. The Bertz CT molecular complexity index is 369. The van der Waals surface area contributed by atoms with Crippen molar-refractivity contribution in [3.63, 3.8) is 0 Å². The van der Waals surface area contributed by atoms with E-state index < -0.39 is 0 Å². The van der Waals surface area contributed by atoms with Crippen LogP contribution in [-0.4, -0.2) is 26.9 Å². The summed E-state index contributed by atoms with van der Waals surface area (Å²) in [4.78, 5) is 4.27. The lowest BCUT2D eigenvalue weighted by molar-refractivity contribution is -0.0768. The summed E-state index contributed by atoms with van der Waals surface area (Å²) in [5, 5.41) is 4.22. The molecule has 1 aromatic heterocycles. The molecule has 0 unspecified atom stereocenters. The van der Waals surface area contributed by atoms with Gasteiger partial charge in [0.15, 0.2) is 5.82 Å². The van der Waals surface area contributed by atoms with E-state index in [4.69, 9.17) is 10.5 Å². The maximum atomic E-state index is 6.11. The van der Waals surface area contributed by atoms with E-state index in [-0.39, 0.29) is 5.60 Å². The topological polar surface area (TPSA) is 66.0 Å². The molecule has 2 N–H and O–H groups in total. The molecule has 102 valence electrons. The molecule has 5 heteroatoms. The van der Waals surface area contributed by atoms with Crippen LogP contribution in [0.3, 0.4) is 0 Å². The van der Waals surface area contributed by atoms with Crippen LogP contribution in [0.1, 0.15) is 57.8 Å². The summed E-state index contributed by atoms with van der Waals surface area (Å²) in [5.74, 6) is 0.892. The van der Waals surface area contributed by atoms with Gasteiger partial charge < -0.3 is 10.5 Å². The first-order valence-corrected chi connectivity index (χ1v) is 6.89. The summed E-state index contributed by atoms with van der Waals surface area (Å²) in [7, 11) is 0. The van der Waals surface area contributed by atoms with E-state index in [1.807, 2.05) is 4.68 Å². The average molecular weight is 252 g/mol. The van der Waals surface area contributed by atoms with Crippen molar-refractivity contribution in [3.05, 3.63) is 12.2 Å². The molecule has 1 aliphatic rings. The van der Waals surface area contributed by atoms with E-state index in [0.29, 0.717) is 19.2 Å². The summed E-state index contributed by atoms with van der Waals surface area (Å²) >= 11 is 0. The van der Waals surface area contributed by atoms with E-state index >= 15 is 0 Å². The molecule has 1 saturated carbocycles. The van der Waals surface area contributed by atoms with Crippen LogP contribution in [0, 0.1) is 0 Å². The van der Waals surface area contributed by atoms with E-state index in [1.54, 1.807) is 6.33 Å². The molecule has 18 heavy (non-hydrogen) atoms. The van der Waals surface area contributed by atoms with Crippen LogP contribution in [0.15, 0.2) is 6.33 Å². The highest BCUT2D eigenvalue weighted by Gasteiger charge is 2.32. The predicted molar refractivity (Wildman–Crippen MR) is 70.1 cm³/mol. The summed E-state index contributed by atoms with van der Waals surface area (Å²) in [6.45, 7) is 5.30. The highest BCUT2D eigenvalue weighted by Crippen LogP contribution is 2.31. The normalized spacial score (nSPS) is 19.3. The molecular weight excluding hydrogens is 228 g/mol. The molecule has 0 aromatic carbocycles. The summed E-state index contributed by atoms with van der Waals surface area (Å²) < 4.78 is 8.02. The first kappa shape index (κ1) is 13.5. The van der Waals surface area contributed by atoms with Gasteiger partial charge in [0.2, 0.25) is 0 Å². The lowest BCUT2D eigenvalue weighted by Crippen LogP contribution is -2.42. The second kappa shape index (κ2) is 5.80. The van der Waals surface area contributed by atoms with Crippen LogP contribution in [0.4, 0.5) is 0 Å². The lowest BCUT2D eigenvalue weighted by Gasteiger charge is -2.36. The largest absolute Gasteiger partial charge is 0.366 e. The van der Waals surface area contributed by atoms with Gasteiger partial charge in [-0.15, -0.1) is 0 Å². The molecule has 1 heterocycles. The minimum absolute atomic E-state index is 0.133. The monoisotopic (exact) mass is 252 g/mol. The second-order valence-electron chi connectivity index (χ2n) is 5.45. The van der Waals surface area contributed by atoms with Crippen molar-refractivity contribution >= 4 is 0 Å². The van der Waals surface area contributed by atoms with Gasteiger partial charge in [0, 0.05) is 12.6 Å². The van der Waals surface area contributed by atoms with Gasteiger partial charge in [-0.3, -0.25) is 0 Å². The Morgan fingerprint density at radius 1 is 1.39 bits per heavy atom. The highest BCUT2D eigenvalue weighted by molar-refractivity contribution is 4.89. The summed E-state index contributed by atoms with van der Waals surface area (Å²) in [5.41, 5.74) is 5.77. The molecule has 0 amide bonds. The minimum Gasteiger partial charge on any atom is -0.366 e. The molecule has 0 radical (unpaired) electrons. The van der Waals surface area contributed by atoms with Crippen molar-refractivity contribution in [2.75, 3.05) is 6.54 Å². The SMILES string of the molecule is CC(C)n1ncnc1COC1(CN)CCCCC1. The van der Waals surface area contributed by atoms with Crippen molar-refractivity contribution in [3.8, 4) is 0 Å². The van der Waals surface area contributed by atoms with Crippen LogP contribution in [0.5, 0.6) is 0 Å². The van der Waals surface area contributed by atoms with Crippen molar-refractivity contribution in [1.29, 1.82) is 0 Å². The first-order valence-electron chi connectivity index (χ1n) is 6.89. The average Bonchev–Trinajstić information content (AvgIpc) is 2.86. The number of hydrogen-bond donors (Lipinski definition) is 1. The fraction of sp³-hybridized carbons (Fsp3) is 0.846. The van der Waals surface area contributed by atoms with Crippen LogP contribution in [0.2, 0.25) is 0 Å². The van der Waals surface area contributed by atoms with Gasteiger partial charge in [0.25, 0.3) is 0 Å². The maximum absolute atomic E-state index is 6.11. The summed E-state index contributed by atoms with van der Waals surface area (Å²) in [6.07, 6.45) is 7.46. The molecule has 5 nitrogen and oxygen atoms in total. The van der Waals surface area contributed by atoms with E-state index in [0.717, 1.165) is 18.7 Å². The minimum atomic E-state index is -0.133.